The Kier molecular flexibility index (Phi) is 6.19. The quantitative estimate of drug-likeness (QED) is 0.642. The van der Waals surface area contributed by atoms with E-state index in [9.17, 15) is 14.4 Å². The molecule has 21 heavy (non-hydrogen) atoms. The standard InChI is InChI=1S/C14H19N3O4/c1-9(7-13(19)20)8-15-14(21)17-12-5-3-11(4-6-12)16-10(2)18/h3-6,9H,7-8H2,1-2H3,(H,16,18)(H,19,20)(H2,15,17,21). The number of aliphatic carboxylic acids is 1. The first kappa shape index (κ1) is 16.5. The summed E-state index contributed by atoms with van der Waals surface area (Å²) in [5, 5.41) is 16.5. The van der Waals surface area contributed by atoms with Crippen molar-refractivity contribution < 1.29 is 19.5 Å². The van der Waals surface area contributed by atoms with Gasteiger partial charge in [0, 0.05) is 31.3 Å². The van der Waals surface area contributed by atoms with Crippen LogP contribution < -0.4 is 16.0 Å². The first-order chi connectivity index (χ1) is 9.86. The van der Waals surface area contributed by atoms with Crippen LogP contribution in [0.25, 0.3) is 0 Å². The molecule has 1 aromatic carbocycles. The summed E-state index contributed by atoms with van der Waals surface area (Å²) in [5.41, 5.74) is 1.22. The van der Waals surface area contributed by atoms with Gasteiger partial charge in [-0.3, -0.25) is 9.59 Å². The number of benzene rings is 1. The first-order valence-electron chi connectivity index (χ1n) is 6.51. The minimum atomic E-state index is -0.890. The van der Waals surface area contributed by atoms with Gasteiger partial charge < -0.3 is 21.1 Å². The third-order valence-electron chi connectivity index (χ3n) is 2.60. The molecule has 0 aliphatic heterocycles. The monoisotopic (exact) mass is 293 g/mol. The van der Waals surface area contributed by atoms with E-state index in [-0.39, 0.29) is 24.8 Å². The molecule has 0 aliphatic rings. The molecular formula is C14H19N3O4. The SMILES string of the molecule is CC(=O)Nc1ccc(NC(=O)NCC(C)CC(=O)O)cc1. The zero-order valence-electron chi connectivity index (χ0n) is 12.0. The summed E-state index contributed by atoms with van der Waals surface area (Å²) in [6.45, 7) is 3.44. The molecule has 1 unspecified atom stereocenters. The van der Waals surface area contributed by atoms with Crippen LogP contribution in [0.2, 0.25) is 0 Å². The Morgan fingerprint density at radius 3 is 2.10 bits per heavy atom. The van der Waals surface area contributed by atoms with Gasteiger partial charge >= 0.3 is 12.0 Å². The van der Waals surface area contributed by atoms with Gasteiger partial charge in [0.25, 0.3) is 0 Å². The molecule has 1 rings (SSSR count). The average molecular weight is 293 g/mol. The lowest BCUT2D eigenvalue weighted by molar-refractivity contribution is -0.137. The van der Waals surface area contributed by atoms with E-state index in [1.54, 1.807) is 31.2 Å². The van der Waals surface area contributed by atoms with E-state index in [1.807, 2.05) is 0 Å². The van der Waals surface area contributed by atoms with Crippen LogP contribution in [0.1, 0.15) is 20.3 Å². The molecule has 0 aromatic heterocycles. The van der Waals surface area contributed by atoms with Crippen molar-refractivity contribution in [3.63, 3.8) is 0 Å². The highest BCUT2D eigenvalue weighted by Gasteiger charge is 2.09. The number of amides is 3. The van der Waals surface area contributed by atoms with Gasteiger partial charge in [-0.1, -0.05) is 6.92 Å². The maximum atomic E-state index is 11.6. The Bertz CT molecular complexity index is 513. The van der Waals surface area contributed by atoms with Crippen molar-refractivity contribution in [2.75, 3.05) is 17.2 Å². The third kappa shape index (κ3) is 6.95. The highest BCUT2D eigenvalue weighted by Crippen LogP contribution is 2.13. The number of hydrogen-bond acceptors (Lipinski definition) is 3. The summed E-state index contributed by atoms with van der Waals surface area (Å²) in [7, 11) is 0. The Balaban J connectivity index is 2.40. The van der Waals surface area contributed by atoms with Gasteiger partial charge in [-0.05, 0) is 30.2 Å². The normalized spacial score (nSPS) is 11.3. The first-order valence-corrected chi connectivity index (χ1v) is 6.51. The molecule has 114 valence electrons. The van der Waals surface area contributed by atoms with Crippen LogP contribution in [-0.4, -0.2) is 29.6 Å². The molecule has 0 aliphatic carbocycles. The fourth-order valence-electron chi connectivity index (χ4n) is 1.65. The Hall–Kier alpha value is -2.57. The van der Waals surface area contributed by atoms with Crippen molar-refractivity contribution in [3.8, 4) is 0 Å². The zero-order valence-corrected chi connectivity index (χ0v) is 12.0. The van der Waals surface area contributed by atoms with Gasteiger partial charge in [-0.2, -0.15) is 0 Å². The molecule has 4 N–H and O–H groups in total. The number of anilines is 2. The summed E-state index contributed by atoms with van der Waals surface area (Å²) < 4.78 is 0. The molecule has 0 fully saturated rings. The number of rotatable bonds is 6. The maximum absolute atomic E-state index is 11.6. The van der Waals surface area contributed by atoms with E-state index in [0.29, 0.717) is 11.4 Å². The van der Waals surface area contributed by atoms with E-state index in [1.165, 1.54) is 6.92 Å². The van der Waals surface area contributed by atoms with Crippen molar-refractivity contribution in [2.24, 2.45) is 5.92 Å². The van der Waals surface area contributed by atoms with Crippen LogP contribution in [0.15, 0.2) is 24.3 Å². The predicted molar refractivity (Wildman–Crippen MR) is 79.2 cm³/mol. The number of nitrogens with one attached hydrogen (secondary N) is 3. The Labute approximate surface area is 122 Å². The molecule has 0 saturated heterocycles. The lowest BCUT2D eigenvalue weighted by Crippen LogP contribution is -2.32. The summed E-state index contributed by atoms with van der Waals surface area (Å²) in [6, 6.07) is 6.25. The minimum Gasteiger partial charge on any atom is -0.481 e. The van der Waals surface area contributed by atoms with Crippen LogP contribution in [0.4, 0.5) is 16.2 Å². The molecule has 7 nitrogen and oxygen atoms in total. The number of hydrogen-bond donors (Lipinski definition) is 4. The van der Waals surface area contributed by atoms with E-state index >= 15 is 0 Å². The largest absolute Gasteiger partial charge is 0.481 e. The van der Waals surface area contributed by atoms with Gasteiger partial charge in [0.05, 0.1) is 0 Å². The van der Waals surface area contributed by atoms with Gasteiger partial charge in [0.15, 0.2) is 0 Å². The molecule has 7 heteroatoms. The lowest BCUT2D eigenvalue weighted by Gasteiger charge is -2.11. The highest BCUT2D eigenvalue weighted by atomic mass is 16.4. The molecule has 3 amide bonds. The third-order valence-corrected chi connectivity index (χ3v) is 2.60. The molecule has 0 bridgehead atoms. The Morgan fingerprint density at radius 2 is 1.62 bits per heavy atom. The second-order valence-corrected chi connectivity index (χ2v) is 4.80. The number of carbonyl (C=O) groups excluding carboxylic acids is 2. The van der Waals surface area contributed by atoms with Crippen molar-refractivity contribution in [2.45, 2.75) is 20.3 Å². The van der Waals surface area contributed by atoms with Crippen LogP contribution in [0.3, 0.4) is 0 Å². The fraction of sp³-hybridized carbons (Fsp3) is 0.357. The van der Waals surface area contributed by atoms with Crippen molar-refractivity contribution in [1.82, 2.24) is 5.32 Å². The molecule has 0 radical (unpaired) electrons. The van der Waals surface area contributed by atoms with Gasteiger partial charge in [-0.25, -0.2) is 4.79 Å². The fourth-order valence-corrected chi connectivity index (χ4v) is 1.65. The van der Waals surface area contributed by atoms with E-state index in [2.05, 4.69) is 16.0 Å². The highest BCUT2D eigenvalue weighted by molar-refractivity contribution is 5.91. The van der Waals surface area contributed by atoms with Crippen LogP contribution in [-0.2, 0) is 9.59 Å². The Morgan fingerprint density at radius 1 is 1.10 bits per heavy atom. The second-order valence-electron chi connectivity index (χ2n) is 4.80. The molecule has 0 heterocycles. The molecule has 1 atom stereocenters. The summed E-state index contributed by atoms with van der Waals surface area (Å²) in [6.07, 6.45) is 0.00565. The van der Waals surface area contributed by atoms with Crippen molar-refractivity contribution >= 4 is 29.3 Å². The molecule has 1 aromatic rings. The zero-order chi connectivity index (χ0) is 15.8. The summed E-state index contributed by atoms with van der Waals surface area (Å²) in [4.78, 5) is 33.0. The summed E-state index contributed by atoms with van der Waals surface area (Å²) in [5.74, 6) is -1.20. The van der Waals surface area contributed by atoms with E-state index < -0.39 is 12.0 Å². The van der Waals surface area contributed by atoms with E-state index in [0.717, 1.165) is 0 Å². The predicted octanol–water partition coefficient (Wildman–Crippen LogP) is 1.88. The van der Waals surface area contributed by atoms with Crippen LogP contribution in [0.5, 0.6) is 0 Å². The lowest BCUT2D eigenvalue weighted by atomic mass is 10.1. The van der Waals surface area contributed by atoms with Gasteiger partial charge in [0.1, 0.15) is 0 Å². The van der Waals surface area contributed by atoms with Crippen LogP contribution in [0, 0.1) is 5.92 Å². The van der Waals surface area contributed by atoms with Crippen molar-refractivity contribution in [1.29, 1.82) is 0 Å². The topological polar surface area (TPSA) is 108 Å². The van der Waals surface area contributed by atoms with Gasteiger partial charge in [-0.15, -0.1) is 0 Å². The van der Waals surface area contributed by atoms with Crippen molar-refractivity contribution in [3.05, 3.63) is 24.3 Å². The second kappa shape index (κ2) is 7.88. The minimum absolute atomic E-state index is 0.00565. The van der Waals surface area contributed by atoms with Crippen LogP contribution >= 0.6 is 0 Å². The summed E-state index contributed by atoms with van der Waals surface area (Å²) >= 11 is 0. The average Bonchev–Trinajstić information content (AvgIpc) is 2.37. The number of carboxylic acid groups (broad SMARTS) is 1. The molecule has 0 spiro atoms. The number of urea groups is 1. The molecule has 0 saturated carbocycles. The molecular weight excluding hydrogens is 274 g/mol. The number of carbonyl (C=O) groups is 3. The smallest absolute Gasteiger partial charge is 0.319 e. The number of carboxylic acids is 1. The maximum Gasteiger partial charge on any atom is 0.319 e. The van der Waals surface area contributed by atoms with Gasteiger partial charge in [0.2, 0.25) is 5.91 Å². The van der Waals surface area contributed by atoms with E-state index in [4.69, 9.17) is 5.11 Å².